The van der Waals surface area contributed by atoms with Gasteiger partial charge in [-0.2, -0.15) is 0 Å². The highest BCUT2D eigenvalue weighted by Gasteiger charge is 2.10. The molecule has 0 aliphatic rings. The van der Waals surface area contributed by atoms with Crippen molar-refractivity contribution in [1.29, 1.82) is 0 Å². The van der Waals surface area contributed by atoms with Crippen LogP contribution in [0.1, 0.15) is 19.4 Å². The second kappa shape index (κ2) is 6.45. The molecule has 0 saturated heterocycles. The van der Waals surface area contributed by atoms with Crippen molar-refractivity contribution in [2.45, 2.75) is 26.4 Å². The molecule has 0 radical (unpaired) electrons. The van der Waals surface area contributed by atoms with E-state index in [0.29, 0.717) is 18.5 Å². The third-order valence-electron chi connectivity index (χ3n) is 2.57. The van der Waals surface area contributed by atoms with Crippen molar-refractivity contribution >= 4 is 22.6 Å². The maximum atomic E-state index is 5.71. The Hall–Kier alpha value is -0.130. The average Bonchev–Trinajstić information content (AvgIpc) is 2.21. The van der Waals surface area contributed by atoms with E-state index in [0.717, 1.165) is 6.54 Å². The van der Waals surface area contributed by atoms with Gasteiger partial charge in [0.2, 0.25) is 0 Å². The molecule has 3 N–H and O–H groups in total. The van der Waals surface area contributed by atoms with Crippen LogP contribution < -0.4 is 11.1 Å². The number of hydrogen-bond donors (Lipinski definition) is 2. The van der Waals surface area contributed by atoms with Gasteiger partial charge in [0.25, 0.3) is 0 Å². The summed E-state index contributed by atoms with van der Waals surface area (Å²) in [4.78, 5) is 0. The van der Waals surface area contributed by atoms with E-state index < -0.39 is 0 Å². The van der Waals surface area contributed by atoms with Gasteiger partial charge in [-0.1, -0.05) is 32.0 Å². The average molecular weight is 318 g/mol. The van der Waals surface area contributed by atoms with E-state index in [2.05, 4.69) is 66.0 Å². The van der Waals surface area contributed by atoms with Crippen molar-refractivity contribution in [3.8, 4) is 0 Å². The minimum Gasteiger partial charge on any atom is -0.329 e. The van der Waals surface area contributed by atoms with Gasteiger partial charge >= 0.3 is 0 Å². The van der Waals surface area contributed by atoms with Crippen molar-refractivity contribution in [3.05, 3.63) is 33.4 Å². The van der Waals surface area contributed by atoms with Crippen molar-refractivity contribution in [2.24, 2.45) is 11.7 Å². The number of hydrogen-bond acceptors (Lipinski definition) is 2. The minimum atomic E-state index is 0.404. The molecule has 2 nitrogen and oxygen atoms in total. The highest BCUT2D eigenvalue weighted by molar-refractivity contribution is 14.1. The molecular formula is C12H19IN2. The Kier molecular flexibility index (Phi) is 5.56. The van der Waals surface area contributed by atoms with E-state index in [1.165, 1.54) is 9.13 Å². The molecule has 0 aliphatic carbocycles. The number of halogens is 1. The molecule has 0 aromatic heterocycles. The molecule has 1 aromatic carbocycles. The van der Waals surface area contributed by atoms with Gasteiger partial charge in [-0.15, -0.1) is 0 Å². The van der Waals surface area contributed by atoms with Gasteiger partial charge in [0.15, 0.2) is 0 Å². The number of nitrogens with two attached hydrogens (primary N) is 1. The van der Waals surface area contributed by atoms with E-state index in [1.807, 2.05) is 0 Å². The molecule has 0 saturated carbocycles. The lowest BCUT2D eigenvalue weighted by atomic mass is 10.0. The minimum absolute atomic E-state index is 0.404. The van der Waals surface area contributed by atoms with Crippen molar-refractivity contribution in [3.63, 3.8) is 0 Å². The quantitative estimate of drug-likeness (QED) is 0.818. The lowest BCUT2D eigenvalue weighted by Crippen LogP contribution is -2.39. The Bertz CT molecular complexity index is 299. The topological polar surface area (TPSA) is 38.0 Å². The molecule has 0 spiro atoms. The van der Waals surface area contributed by atoms with Crippen molar-refractivity contribution in [2.75, 3.05) is 6.54 Å². The maximum Gasteiger partial charge on any atom is 0.0219 e. The lowest BCUT2D eigenvalue weighted by Gasteiger charge is -2.20. The Labute approximate surface area is 106 Å². The summed E-state index contributed by atoms with van der Waals surface area (Å²) in [6.45, 7) is 5.99. The number of rotatable bonds is 5. The van der Waals surface area contributed by atoms with Gasteiger partial charge in [0.1, 0.15) is 0 Å². The van der Waals surface area contributed by atoms with Gasteiger partial charge in [0.05, 0.1) is 0 Å². The van der Waals surface area contributed by atoms with Crippen LogP contribution in [0.15, 0.2) is 24.3 Å². The largest absolute Gasteiger partial charge is 0.329 e. The maximum absolute atomic E-state index is 5.71. The summed E-state index contributed by atoms with van der Waals surface area (Å²) in [5, 5.41) is 3.50. The molecule has 1 unspecified atom stereocenters. The van der Waals surface area contributed by atoms with Crippen LogP contribution in [0, 0.1) is 9.49 Å². The Morgan fingerprint density at radius 3 is 2.53 bits per heavy atom. The van der Waals surface area contributed by atoms with E-state index in [4.69, 9.17) is 5.73 Å². The van der Waals surface area contributed by atoms with E-state index in [9.17, 15) is 0 Å². The first-order valence-electron chi connectivity index (χ1n) is 5.32. The smallest absolute Gasteiger partial charge is 0.0219 e. The lowest BCUT2D eigenvalue weighted by molar-refractivity contribution is 0.404. The Balaban J connectivity index is 2.53. The van der Waals surface area contributed by atoms with E-state index in [-0.39, 0.29) is 0 Å². The summed E-state index contributed by atoms with van der Waals surface area (Å²) in [7, 11) is 0. The molecule has 1 aromatic rings. The normalized spacial score (nSPS) is 13.1. The Morgan fingerprint density at radius 2 is 2.00 bits per heavy atom. The summed E-state index contributed by atoms with van der Waals surface area (Å²) in [6.07, 6.45) is 0. The molecular weight excluding hydrogens is 299 g/mol. The molecule has 15 heavy (non-hydrogen) atoms. The zero-order chi connectivity index (χ0) is 11.3. The fourth-order valence-corrected chi connectivity index (χ4v) is 2.05. The molecule has 1 atom stereocenters. The summed E-state index contributed by atoms with van der Waals surface area (Å²) in [5.41, 5.74) is 7.06. The first-order valence-corrected chi connectivity index (χ1v) is 6.40. The highest BCUT2D eigenvalue weighted by atomic mass is 127. The molecule has 0 bridgehead atoms. The Morgan fingerprint density at radius 1 is 1.33 bits per heavy atom. The number of benzene rings is 1. The van der Waals surface area contributed by atoms with Gasteiger partial charge in [-0.3, -0.25) is 0 Å². The standard InChI is InChI=1S/C12H19IN2/c1-9(2)12(7-14)15-8-10-5-3-4-6-11(10)13/h3-6,9,12,15H,7-8,14H2,1-2H3. The van der Waals surface area contributed by atoms with Gasteiger partial charge in [-0.25, -0.2) is 0 Å². The summed E-state index contributed by atoms with van der Waals surface area (Å²) in [6, 6.07) is 8.83. The fraction of sp³-hybridized carbons (Fsp3) is 0.500. The van der Waals surface area contributed by atoms with Crippen LogP contribution in [0.25, 0.3) is 0 Å². The van der Waals surface area contributed by atoms with Crippen LogP contribution in [0.4, 0.5) is 0 Å². The molecule has 0 heterocycles. The first kappa shape index (κ1) is 12.9. The van der Waals surface area contributed by atoms with Crippen molar-refractivity contribution in [1.82, 2.24) is 5.32 Å². The zero-order valence-electron chi connectivity index (χ0n) is 9.33. The monoisotopic (exact) mass is 318 g/mol. The van der Waals surface area contributed by atoms with Crippen LogP contribution in [0.2, 0.25) is 0 Å². The molecule has 1 rings (SSSR count). The highest BCUT2D eigenvalue weighted by Crippen LogP contribution is 2.11. The second-order valence-electron chi connectivity index (χ2n) is 4.06. The molecule has 84 valence electrons. The summed E-state index contributed by atoms with van der Waals surface area (Å²) in [5.74, 6) is 0.580. The third kappa shape index (κ3) is 4.09. The van der Waals surface area contributed by atoms with E-state index >= 15 is 0 Å². The van der Waals surface area contributed by atoms with Crippen LogP contribution in [0.3, 0.4) is 0 Å². The number of nitrogens with one attached hydrogen (secondary N) is 1. The zero-order valence-corrected chi connectivity index (χ0v) is 11.5. The predicted octanol–water partition coefficient (Wildman–Crippen LogP) is 2.36. The third-order valence-corrected chi connectivity index (χ3v) is 3.62. The SMILES string of the molecule is CC(C)C(CN)NCc1ccccc1I. The molecule has 0 fully saturated rings. The van der Waals surface area contributed by atoms with Crippen LogP contribution in [-0.4, -0.2) is 12.6 Å². The van der Waals surface area contributed by atoms with Crippen LogP contribution in [-0.2, 0) is 6.54 Å². The van der Waals surface area contributed by atoms with Gasteiger partial charge in [-0.05, 0) is 40.1 Å². The van der Waals surface area contributed by atoms with Crippen LogP contribution in [0.5, 0.6) is 0 Å². The molecule has 3 heteroatoms. The van der Waals surface area contributed by atoms with Crippen molar-refractivity contribution < 1.29 is 0 Å². The van der Waals surface area contributed by atoms with Gasteiger partial charge in [0, 0.05) is 22.7 Å². The van der Waals surface area contributed by atoms with Crippen LogP contribution >= 0.6 is 22.6 Å². The molecule has 0 aliphatic heterocycles. The second-order valence-corrected chi connectivity index (χ2v) is 5.22. The van der Waals surface area contributed by atoms with Gasteiger partial charge < -0.3 is 11.1 Å². The predicted molar refractivity (Wildman–Crippen MR) is 73.7 cm³/mol. The summed E-state index contributed by atoms with van der Waals surface area (Å²) < 4.78 is 1.31. The van der Waals surface area contributed by atoms with E-state index in [1.54, 1.807) is 0 Å². The first-order chi connectivity index (χ1) is 7.15. The fourth-order valence-electron chi connectivity index (χ4n) is 1.47. The molecule has 0 amide bonds. The summed E-state index contributed by atoms with van der Waals surface area (Å²) >= 11 is 2.37.